The first kappa shape index (κ1) is 10.0. The third-order valence-corrected chi connectivity index (χ3v) is 3.06. The van der Waals surface area contributed by atoms with E-state index in [-0.39, 0.29) is 0 Å². The van der Waals surface area contributed by atoms with Crippen molar-refractivity contribution < 1.29 is 0 Å². The van der Waals surface area contributed by atoms with E-state index in [9.17, 15) is 0 Å². The SMILES string of the molecule is CC1=C(/N)c2ccccc2[C@H](C)C/C=C\1. The lowest BCUT2D eigenvalue weighted by molar-refractivity contribution is 0.775. The lowest BCUT2D eigenvalue weighted by Gasteiger charge is -2.18. The average molecular weight is 199 g/mol. The summed E-state index contributed by atoms with van der Waals surface area (Å²) in [6, 6.07) is 8.43. The molecule has 15 heavy (non-hydrogen) atoms. The van der Waals surface area contributed by atoms with Gasteiger partial charge in [-0.2, -0.15) is 0 Å². The maximum Gasteiger partial charge on any atom is 0.0420 e. The van der Waals surface area contributed by atoms with Gasteiger partial charge in [-0.3, -0.25) is 0 Å². The molecule has 78 valence electrons. The molecule has 0 spiro atoms. The van der Waals surface area contributed by atoms with Crippen molar-refractivity contribution in [3.63, 3.8) is 0 Å². The Morgan fingerprint density at radius 1 is 1.27 bits per heavy atom. The number of nitrogens with two attached hydrogens (primary N) is 1. The van der Waals surface area contributed by atoms with Crippen molar-refractivity contribution >= 4 is 5.70 Å². The van der Waals surface area contributed by atoms with Crippen LogP contribution in [0.25, 0.3) is 5.70 Å². The predicted octanol–water partition coefficient (Wildman–Crippen LogP) is 3.44. The fraction of sp³-hybridized carbons (Fsp3) is 0.286. The van der Waals surface area contributed by atoms with Crippen LogP contribution < -0.4 is 5.73 Å². The van der Waals surface area contributed by atoms with Crippen molar-refractivity contribution in [2.75, 3.05) is 0 Å². The van der Waals surface area contributed by atoms with Crippen LogP contribution in [0, 0.1) is 0 Å². The zero-order valence-corrected chi connectivity index (χ0v) is 9.33. The van der Waals surface area contributed by atoms with Gasteiger partial charge in [0.05, 0.1) is 0 Å². The first-order valence-corrected chi connectivity index (χ1v) is 5.42. The summed E-state index contributed by atoms with van der Waals surface area (Å²) in [5, 5.41) is 0. The molecular weight excluding hydrogens is 182 g/mol. The first-order valence-electron chi connectivity index (χ1n) is 5.42. The Morgan fingerprint density at radius 3 is 2.80 bits per heavy atom. The monoisotopic (exact) mass is 199 g/mol. The quantitative estimate of drug-likeness (QED) is 0.680. The van der Waals surface area contributed by atoms with Gasteiger partial charge in [0.15, 0.2) is 0 Å². The molecule has 0 saturated heterocycles. The Bertz CT molecular complexity index is 427. The fourth-order valence-corrected chi connectivity index (χ4v) is 2.05. The molecule has 1 aliphatic carbocycles. The molecule has 0 saturated carbocycles. The van der Waals surface area contributed by atoms with E-state index < -0.39 is 0 Å². The van der Waals surface area contributed by atoms with Gasteiger partial charge in [-0.1, -0.05) is 43.3 Å². The lowest BCUT2D eigenvalue weighted by atomic mass is 9.88. The van der Waals surface area contributed by atoms with Gasteiger partial charge >= 0.3 is 0 Å². The van der Waals surface area contributed by atoms with E-state index in [4.69, 9.17) is 5.73 Å². The van der Waals surface area contributed by atoms with E-state index in [0.29, 0.717) is 5.92 Å². The predicted molar refractivity (Wildman–Crippen MR) is 65.4 cm³/mol. The summed E-state index contributed by atoms with van der Waals surface area (Å²) in [7, 11) is 0. The molecule has 1 nitrogen and oxygen atoms in total. The van der Waals surface area contributed by atoms with Crippen LogP contribution in [-0.2, 0) is 0 Å². The zero-order chi connectivity index (χ0) is 10.8. The normalized spacial score (nSPS) is 27.7. The molecule has 2 N–H and O–H groups in total. The van der Waals surface area contributed by atoms with Crippen molar-refractivity contribution in [2.24, 2.45) is 5.73 Å². The summed E-state index contributed by atoms with van der Waals surface area (Å²) >= 11 is 0. The standard InChI is InChI=1S/C14H17N/c1-10-6-5-7-11(2)14(15)13-9-4-3-8-12(10)13/h3-5,7-10H,6,15H2,1-2H3/b7-5-,14-11-/t10-/m1/s1. The van der Waals surface area contributed by atoms with Crippen LogP contribution in [0.5, 0.6) is 0 Å². The van der Waals surface area contributed by atoms with Gasteiger partial charge in [-0.25, -0.2) is 0 Å². The van der Waals surface area contributed by atoms with Crippen molar-refractivity contribution in [1.82, 2.24) is 0 Å². The van der Waals surface area contributed by atoms with Crippen LogP contribution in [0.2, 0.25) is 0 Å². The second-order valence-corrected chi connectivity index (χ2v) is 4.22. The summed E-state index contributed by atoms with van der Waals surface area (Å²) in [6.45, 7) is 4.32. The average Bonchev–Trinajstić information content (AvgIpc) is 2.26. The molecule has 0 aliphatic heterocycles. The van der Waals surface area contributed by atoms with Crippen molar-refractivity contribution in [3.05, 3.63) is 53.1 Å². The molecule has 0 radical (unpaired) electrons. The Kier molecular flexibility index (Phi) is 2.63. The van der Waals surface area contributed by atoms with Gasteiger partial charge in [0.2, 0.25) is 0 Å². The van der Waals surface area contributed by atoms with Crippen molar-refractivity contribution in [2.45, 2.75) is 26.2 Å². The third-order valence-electron chi connectivity index (χ3n) is 3.06. The second kappa shape index (κ2) is 3.93. The summed E-state index contributed by atoms with van der Waals surface area (Å²) in [6.07, 6.45) is 5.42. The zero-order valence-electron chi connectivity index (χ0n) is 9.33. The first-order chi connectivity index (χ1) is 7.20. The molecule has 0 fully saturated rings. The number of hydrogen-bond acceptors (Lipinski definition) is 1. The molecule has 0 unspecified atom stereocenters. The Balaban J connectivity index is 2.63. The van der Waals surface area contributed by atoms with E-state index >= 15 is 0 Å². The van der Waals surface area contributed by atoms with E-state index in [1.54, 1.807) is 0 Å². The van der Waals surface area contributed by atoms with Gasteiger partial charge in [0, 0.05) is 11.3 Å². The Morgan fingerprint density at radius 2 is 2.00 bits per heavy atom. The number of rotatable bonds is 0. The number of benzene rings is 1. The van der Waals surface area contributed by atoms with E-state index in [1.165, 1.54) is 11.1 Å². The largest absolute Gasteiger partial charge is 0.398 e. The highest BCUT2D eigenvalue weighted by molar-refractivity contribution is 5.71. The maximum atomic E-state index is 6.15. The van der Waals surface area contributed by atoms with Crippen LogP contribution in [0.3, 0.4) is 0 Å². The van der Waals surface area contributed by atoms with Crippen LogP contribution in [-0.4, -0.2) is 0 Å². The maximum absolute atomic E-state index is 6.15. The van der Waals surface area contributed by atoms with Crippen LogP contribution in [0.15, 0.2) is 42.0 Å². The summed E-state index contributed by atoms with van der Waals surface area (Å²) in [5.41, 5.74) is 10.8. The lowest BCUT2D eigenvalue weighted by Crippen LogP contribution is -2.06. The van der Waals surface area contributed by atoms with Crippen LogP contribution in [0.4, 0.5) is 0 Å². The van der Waals surface area contributed by atoms with E-state index in [1.807, 2.05) is 0 Å². The number of fused-ring (bicyclic) bond motifs is 1. The fourth-order valence-electron chi connectivity index (χ4n) is 2.05. The number of allylic oxidation sites excluding steroid dienone is 3. The minimum Gasteiger partial charge on any atom is -0.398 e. The van der Waals surface area contributed by atoms with E-state index in [2.05, 4.69) is 50.3 Å². The number of hydrogen-bond donors (Lipinski definition) is 1. The van der Waals surface area contributed by atoms with Crippen molar-refractivity contribution in [3.8, 4) is 0 Å². The second-order valence-electron chi connectivity index (χ2n) is 4.22. The summed E-state index contributed by atoms with van der Waals surface area (Å²) < 4.78 is 0. The molecule has 1 atom stereocenters. The van der Waals surface area contributed by atoms with Crippen LogP contribution >= 0.6 is 0 Å². The topological polar surface area (TPSA) is 26.0 Å². The van der Waals surface area contributed by atoms with Gasteiger partial charge in [-0.05, 0) is 30.4 Å². The molecule has 0 amide bonds. The molecule has 1 heteroatoms. The highest BCUT2D eigenvalue weighted by Crippen LogP contribution is 2.29. The summed E-state index contributed by atoms with van der Waals surface area (Å²) in [4.78, 5) is 0. The van der Waals surface area contributed by atoms with Crippen molar-refractivity contribution in [1.29, 1.82) is 0 Å². The molecular formula is C14H17N. The molecule has 2 rings (SSSR count). The minimum absolute atomic E-state index is 0.545. The minimum atomic E-state index is 0.545. The third kappa shape index (κ3) is 1.82. The van der Waals surface area contributed by atoms with Gasteiger partial charge in [0.1, 0.15) is 0 Å². The highest BCUT2D eigenvalue weighted by Gasteiger charge is 2.13. The molecule has 0 bridgehead atoms. The highest BCUT2D eigenvalue weighted by atomic mass is 14.6. The van der Waals surface area contributed by atoms with Gasteiger partial charge in [-0.15, -0.1) is 0 Å². The molecule has 0 aromatic heterocycles. The van der Waals surface area contributed by atoms with Gasteiger partial charge in [0.25, 0.3) is 0 Å². The molecule has 1 aromatic rings. The molecule has 1 aliphatic rings. The summed E-state index contributed by atoms with van der Waals surface area (Å²) in [5.74, 6) is 0.545. The van der Waals surface area contributed by atoms with Gasteiger partial charge < -0.3 is 5.73 Å². The van der Waals surface area contributed by atoms with Crippen LogP contribution in [0.1, 0.15) is 37.3 Å². The smallest absolute Gasteiger partial charge is 0.0420 e. The molecule has 1 aromatic carbocycles. The molecule has 0 heterocycles. The van der Waals surface area contributed by atoms with E-state index in [0.717, 1.165) is 17.7 Å². The Hall–Kier alpha value is -1.50. The Labute approximate surface area is 91.3 Å².